The lowest BCUT2D eigenvalue weighted by molar-refractivity contribution is 0.454. The Morgan fingerprint density at radius 1 is 1.69 bits per heavy atom. The van der Waals surface area contributed by atoms with Gasteiger partial charge in [0.2, 0.25) is 0 Å². The van der Waals surface area contributed by atoms with Crippen LogP contribution in [0.4, 0.5) is 0 Å². The first kappa shape index (κ1) is 12.0. The van der Waals surface area contributed by atoms with Crippen LogP contribution in [0.1, 0.15) is 32.0 Å². The molecule has 2 rings (SSSR count). The summed E-state index contributed by atoms with van der Waals surface area (Å²) in [6, 6.07) is 0.289. The van der Waals surface area contributed by atoms with E-state index < -0.39 is 0 Å². The lowest BCUT2D eigenvalue weighted by atomic mass is 9.93. The number of hydrogen-bond donors (Lipinski definition) is 1. The van der Waals surface area contributed by atoms with Crippen LogP contribution in [-0.4, -0.2) is 26.1 Å². The van der Waals surface area contributed by atoms with Crippen LogP contribution in [0.5, 0.6) is 0 Å². The number of nitrogens with zero attached hydrogens (tertiary/aromatic N) is 2. The summed E-state index contributed by atoms with van der Waals surface area (Å²) < 4.78 is 2.38. The standard InChI is InChI=1S/C12H21N3S/c1-12(6-3-9-16-12)10(13)4-5-11-14-7-8-15(11)2/h7-8,10H,3-6,9,13H2,1-2H3. The third-order valence-electron chi connectivity index (χ3n) is 3.63. The van der Waals surface area contributed by atoms with E-state index in [1.54, 1.807) is 0 Å². The fourth-order valence-electron chi connectivity index (χ4n) is 2.32. The largest absolute Gasteiger partial charge is 0.338 e. The lowest BCUT2D eigenvalue weighted by Crippen LogP contribution is -2.41. The Bertz CT molecular complexity index is 342. The maximum Gasteiger partial charge on any atom is 0.108 e. The van der Waals surface area contributed by atoms with Gasteiger partial charge >= 0.3 is 0 Å². The highest BCUT2D eigenvalue weighted by molar-refractivity contribution is 8.00. The van der Waals surface area contributed by atoms with Crippen molar-refractivity contribution in [1.82, 2.24) is 9.55 Å². The predicted octanol–water partition coefficient (Wildman–Crippen LogP) is 1.97. The van der Waals surface area contributed by atoms with Crippen LogP contribution in [0, 0.1) is 0 Å². The molecule has 2 N–H and O–H groups in total. The SMILES string of the molecule is Cn1ccnc1CCC(N)C1(C)CCCS1. The van der Waals surface area contributed by atoms with E-state index in [0.29, 0.717) is 4.75 Å². The molecule has 2 heterocycles. The second kappa shape index (κ2) is 4.80. The maximum atomic E-state index is 6.32. The first-order valence-corrected chi connectivity index (χ1v) is 6.96. The molecule has 1 saturated heterocycles. The molecule has 1 aromatic heterocycles. The normalized spacial score (nSPS) is 27.2. The van der Waals surface area contributed by atoms with Gasteiger partial charge in [0.1, 0.15) is 5.82 Å². The minimum atomic E-state index is 0.289. The molecule has 1 aliphatic heterocycles. The van der Waals surface area contributed by atoms with Crippen LogP contribution in [0.3, 0.4) is 0 Å². The molecule has 16 heavy (non-hydrogen) atoms. The Balaban J connectivity index is 1.88. The Hall–Kier alpha value is -0.480. The summed E-state index contributed by atoms with van der Waals surface area (Å²) in [6.45, 7) is 2.31. The predicted molar refractivity (Wildman–Crippen MR) is 69.6 cm³/mol. The van der Waals surface area contributed by atoms with Gasteiger partial charge in [-0.3, -0.25) is 0 Å². The molecule has 1 aromatic rings. The van der Waals surface area contributed by atoms with Crippen molar-refractivity contribution in [2.75, 3.05) is 5.75 Å². The van der Waals surface area contributed by atoms with Gasteiger partial charge in [-0.25, -0.2) is 4.98 Å². The Kier molecular flexibility index (Phi) is 3.60. The van der Waals surface area contributed by atoms with Gasteiger partial charge in [0.25, 0.3) is 0 Å². The van der Waals surface area contributed by atoms with Crippen molar-refractivity contribution in [2.24, 2.45) is 12.8 Å². The molecule has 0 spiro atoms. The van der Waals surface area contributed by atoms with Gasteiger partial charge < -0.3 is 10.3 Å². The molecule has 1 aliphatic rings. The zero-order chi connectivity index (χ0) is 11.6. The van der Waals surface area contributed by atoms with Crippen molar-refractivity contribution < 1.29 is 0 Å². The average Bonchev–Trinajstić information content (AvgIpc) is 2.85. The van der Waals surface area contributed by atoms with Gasteiger partial charge in [-0.1, -0.05) is 0 Å². The highest BCUT2D eigenvalue weighted by Gasteiger charge is 2.35. The molecule has 0 bridgehead atoms. The van der Waals surface area contributed by atoms with E-state index in [4.69, 9.17) is 5.73 Å². The number of imidazole rings is 1. The highest BCUT2D eigenvalue weighted by Crippen LogP contribution is 2.40. The van der Waals surface area contributed by atoms with Crippen LogP contribution in [0.2, 0.25) is 0 Å². The first-order valence-electron chi connectivity index (χ1n) is 5.97. The van der Waals surface area contributed by atoms with Gasteiger partial charge in [0.05, 0.1) is 0 Å². The van der Waals surface area contributed by atoms with Gasteiger partial charge in [0.15, 0.2) is 0 Å². The number of nitrogens with two attached hydrogens (primary N) is 1. The minimum Gasteiger partial charge on any atom is -0.338 e. The molecule has 90 valence electrons. The van der Waals surface area contributed by atoms with Crippen molar-refractivity contribution in [2.45, 2.75) is 43.4 Å². The van der Waals surface area contributed by atoms with Crippen molar-refractivity contribution >= 4 is 11.8 Å². The summed E-state index contributed by atoms with van der Waals surface area (Å²) in [5.74, 6) is 2.41. The minimum absolute atomic E-state index is 0.289. The summed E-state index contributed by atoms with van der Waals surface area (Å²) in [4.78, 5) is 4.34. The van der Waals surface area contributed by atoms with Crippen LogP contribution in [0.15, 0.2) is 12.4 Å². The molecule has 0 aromatic carbocycles. The third-order valence-corrected chi connectivity index (χ3v) is 5.29. The fourth-order valence-corrected chi connectivity index (χ4v) is 3.70. The molecule has 1 fully saturated rings. The second-order valence-corrected chi connectivity index (χ2v) is 6.49. The van der Waals surface area contributed by atoms with E-state index in [-0.39, 0.29) is 6.04 Å². The smallest absolute Gasteiger partial charge is 0.108 e. The number of hydrogen-bond acceptors (Lipinski definition) is 3. The van der Waals surface area contributed by atoms with Crippen molar-refractivity contribution in [1.29, 1.82) is 0 Å². The topological polar surface area (TPSA) is 43.8 Å². The third kappa shape index (κ3) is 2.43. The molecule has 0 saturated carbocycles. The summed E-state index contributed by atoms with van der Waals surface area (Å²) in [7, 11) is 2.04. The summed E-state index contributed by atoms with van der Waals surface area (Å²) in [5, 5.41) is 0. The highest BCUT2D eigenvalue weighted by atomic mass is 32.2. The molecule has 4 heteroatoms. The van der Waals surface area contributed by atoms with Crippen LogP contribution < -0.4 is 5.73 Å². The zero-order valence-corrected chi connectivity index (χ0v) is 11.0. The van der Waals surface area contributed by atoms with Crippen LogP contribution >= 0.6 is 11.8 Å². The Morgan fingerprint density at radius 3 is 3.06 bits per heavy atom. The fraction of sp³-hybridized carbons (Fsp3) is 0.750. The van der Waals surface area contributed by atoms with Crippen molar-refractivity contribution in [3.8, 4) is 0 Å². The summed E-state index contributed by atoms with van der Waals surface area (Å²) in [6.07, 6.45) is 8.45. The van der Waals surface area contributed by atoms with Gasteiger partial charge in [-0.15, -0.1) is 0 Å². The van der Waals surface area contributed by atoms with Gasteiger partial charge in [-0.2, -0.15) is 11.8 Å². The maximum absolute atomic E-state index is 6.32. The van der Waals surface area contributed by atoms with E-state index in [0.717, 1.165) is 18.7 Å². The monoisotopic (exact) mass is 239 g/mol. The van der Waals surface area contributed by atoms with E-state index in [2.05, 4.69) is 16.5 Å². The van der Waals surface area contributed by atoms with Gasteiger partial charge in [-0.05, 0) is 31.9 Å². The summed E-state index contributed by atoms with van der Waals surface area (Å²) in [5.41, 5.74) is 6.32. The van der Waals surface area contributed by atoms with E-state index >= 15 is 0 Å². The number of rotatable bonds is 4. The lowest BCUT2D eigenvalue weighted by Gasteiger charge is -2.30. The molecule has 0 radical (unpaired) electrons. The van der Waals surface area contributed by atoms with Crippen molar-refractivity contribution in [3.63, 3.8) is 0 Å². The number of thioether (sulfide) groups is 1. The Morgan fingerprint density at radius 2 is 2.50 bits per heavy atom. The molecule has 2 unspecified atom stereocenters. The Labute approximate surface area is 102 Å². The van der Waals surface area contributed by atoms with Gasteiger partial charge in [0, 0.05) is 36.7 Å². The van der Waals surface area contributed by atoms with E-state index in [1.165, 1.54) is 18.6 Å². The zero-order valence-electron chi connectivity index (χ0n) is 10.1. The summed E-state index contributed by atoms with van der Waals surface area (Å²) >= 11 is 2.04. The molecule has 3 nitrogen and oxygen atoms in total. The molecular formula is C12H21N3S. The van der Waals surface area contributed by atoms with Crippen LogP contribution in [0.25, 0.3) is 0 Å². The average molecular weight is 239 g/mol. The quantitative estimate of drug-likeness (QED) is 0.873. The molecule has 2 atom stereocenters. The van der Waals surface area contributed by atoms with Crippen LogP contribution in [-0.2, 0) is 13.5 Å². The number of aryl methyl sites for hydroxylation is 2. The molecular weight excluding hydrogens is 218 g/mol. The second-order valence-electron chi connectivity index (χ2n) is 4.86. The van der Waals surface area contributed by atoms with E-state index in [1.807, 2.05) is 31.2 Å². The van der Waals surface area contributed by atoms with Crippen molar-refractivity contribution in [3.05, 3.63) is 18.2 Å². The van der Waals surface area contributed by atoms with E-state index in [9.17, 15) is 0 Å². The molecule has 0 aliphatic carbocycles. The molecule has 0 amide bonds. The number of aromatic nitrogens is 2. The first-order chi connectivity index (χ1) is 7.62.